The monoisotopic (exact) mass is 296 g/mol. The van der Waals surface area contributed by atoms with Gasteiger partial charge in [0, 0.05) is 11.9 Å². The lowest BCUT2D eigenvalue weighted by Crippen LogP contribution is -2.40. The first-order valence-corrected chi connectivity index (χ1v) is 6.83. The van der Waals surface area contributed by atoms with Gasteiger partial charge in [-0.2, -0.15) is 0 Å². The first-order valence-electron chi connectivity index (χ1n) is 5.84. The molecule has 0 fully saturated rings. The number of nitrogens with zero attached hydrogens (tertiary/aromatic N) is 1. The van der Waals surface area contributed by atoms with E-state index in [1.807, 2.05) is 0 Å². The Morgan fingerprint density at radius 1 is 1.35 bits per heavy atom. The zero-order valence-corrected chi connectivity index (χ0v) is 12.0. The van der Waals surface area contributed by atoms with E-state index in [-0.39, 0.29) is 5.75 Å². The van der Waals surface area contributed by atoms with Crippen molar-refractivity contribution in [1.82, 2.24) is 4.90 Å². The van der Waals surface area contributed by atoms with Gasteiger partial charge in [0.05, 0.1) is 11.3 Å². The van der Waals surface area contributed by atoms with E-state index in [4.69, 9.17) is 10.8 Å². The Labute approximate surface area is 120 Å². The second-order valence-corrected chi connectivity index (χ2v) is 5.20. The van der Waals surface area contributed by atoms with Crippen LogP contribution in [0, 0.1) is 0 Å². The molecule has 108 valence electrons. The average Bonchev–Trinajstić information content (AvgIpc) is 2.42. The summed E-state index contributed by atoms with van der Waals surface area (Å²) in [6, 6.07) is 5.77. The Morgan fingerprint density at radius 2 is 1.95 bits per heavy atom. The Balaban J connectivity index is 2.97. The van der Waals surface area contributed by atoms with Gasteiger partial charge in [-0.1, -0.05) is 12.1 Å². The second-order valence-electron chi connectivity index (χ2n) is 4.18. The van der Waals surface area contributed by atoms with E-state index >= 15 is 0 Å². The minimum atomic E-state index is -1.08. The fraction of sp³-hybridized carbons (Fsp3) is 0.308. The Morgan fingerprint density at radius 3 is 2.50 bits per heavy atom. The maximum Gasteiger partial charge on any atom is 0.326 e. The molecule has 0 saturated heterocycles. The zero-order chi connectivity index (χ0) is 15.3. The molecular weight excluding hydrogens is 280 g/mol. The van der Waals surface area contributed by atoms with Gasteiger partial charge in [0.2, 0.25) is 5.91 Å². The summed E-state index contributed by atoms with van der Waals surface area (Å²) in [5, 5.41) is 8.93. The lowest BCUT2D eigenvalue weighted by molar-refractivity contribution is -0.141. The number of primary amides is 1. The van der Waals surface area contributed by atoms with Crippen LogP contribution in [-0.4, -0.2) is 46.6 Å². The number of amides is 2. The third-order valence-electron chi connectivity index (χ3n) is 2.75. The molecule has 0 aromatic heterocycles. The van der Waals surface area contributed by atoms with Crippen LogP contribution < -0.4 is 5.73 Å². The Bertz CT molecular complexity index is 533. The van der Waals surface area contributed by atoms with E-state index < -0.39 is 23.8 Å². The van der Waals surface area contributed by atoms with Crippen LogP contribution in [0.2, 0.25) is 0 Å². The van der Waals surface area contributed by atoms with Gasteiger partial charge >= 0.3 is 5.97 Å². The van der Waals surface area contributed by atoms with Gasteiger partial charge in [0.1, 0.15) is 6.04 Å². The number of carbonyl (C=O) groups is 3. The maximum absolute atomic E-state index is 12.3. The SMILES string of the molecule is CC(C(=O)O)N(C)C(=O)c1ccccc1SCC(N)=O. The molecule has 0 radical (unpaired) electrons. The maximum atomic E-state index is 12.3. The first kappa shape index (κ1) is 16.0. The van der Waals surface area contributed by atoms with Crippen LogP contribution >= 0.6 is 11.8 Å². The van der Waals surface area contributed by atoms with E-state index in [1.54, 1.807) is 24.3 Å². The van der Waals surface area contributed by atoms with Gasteiger partial charge < -0.3 is 15.7 Å². The molecule has 0 saturated carbocycles. The number of nitrogens with two attached hydrogens (primary N) is 1. The second kappa shape index (κ2) is 6.95. The molecule has 1 rings (SSSR count). The molecule has 0 aliphatic carbocycles. The van der Waals surface area contributed by atoms with Gasteiger partial charge in [0.25, 0.3) is 5.91 Å². The third-order valence-corrected chi connectivity index (χ3v) is 3.84. The van der Waals surface area contributed by atoms with E-state index in [9.17, 15) is 14.4 Å². The van der Waals surface area contributed by atoms with Crippen LogP contribution in [0.25, 0.3) is 0 Å². The largest absolute Gasteiger partial charge is 0.480 e. The lowest BCUT2D eigenvalue weighted by atomic mass is 10.2. The predicted octanol–water partition coefficient (Wildman–Crippen LogP) is 0.809. The molecule has 0 aliphatic heterocycles. The van der Waals surface area contributed by atoms with Gasteiger partial charge in [0.15, 0.2) is 0 Å². The summed E-state index contributed by atoms with van der Waals surface area (Å²) in [6.45, 7) is 1.43. The van der Waals surface area contributed by atoms with Crippen molar-refractivity contribution in [2.24, 2.45) is 5.73 Å². The topological polar surface area (TPSA) is 101 Å². The quantitative estimate of drug-likeness (QED) is 0.756. The number of aliphatic carboxylic acids is 1. The van der Waals surface area contributed by atoms with Crippen LogP contribution in [0.15, 0.2) is 29.2 Å². The van der Waals surface area contributed by atoms with Crippen molar-refractivity contribution >= 4 is 29.5 Å². The number of thioether (sulfide) groups is 1. The number of hydrogen-bond acceptors (Lipinski definition) is 4. The summed E-state index contributed by atoms with van der Waals surface area (Å²) < 4.78 is 0. The number of hydrogen-bond donors (Lipinski definition) is 2. The number of carboxylic acid groups (broad SMARTS) is 1. The smallest absolute Gasteiger partial charge is 0.326 e. The molecule has 1 unspecified atom stereocenters. The van der Waals surface area contributed by atoms with Gasteiger partial charge in [-0.05, 0) is 19.1 Å². The van der Waals surface area contributed by atoms with Crippen LogP contribution in [0.1, 0.15) is 17.3 Å². The van der Waals surface area contributed by atoms with E-state index in [0.717, 1.165) is 16.7 Å². The van der Waals surface area contributed by atoms with Crippen LogP contribution in [0.4, 0.5) is 0 Å². The zero-order valence-electron chi connectivity index (χ0n) is 11.2. The molecule has 1 aromatic rings. The third kappa shape index (κ3) is 3.99. The molecule has 6 nitrogen and oxygen atoms in total. The molecule has 20 heavy (non-hydrogen) atoms. The molecule has 0 aliphatic rings. The van der Waals surface area contributed by atoms with Crippen molar-refractivity contribution in [2.75, 3.05) is 12.8 Å². The average molecular weight is 296 g/mol. The highest BCUT2D eigenvalue weighted by atomic mass is 32.2. The summed E-state index contributed by atoms with van der Waals surface area (Å²) >= 11 is 1.15. The summed E-state index contributed by atoms with van der Waals surface area (Å²) in [5.74, 6) is -1.91. The number of benzene rings is 1. The van der Waals surface area contributed by atoms with Crippen molar-refractivity contribution in [3.63, 3.8) is 0 Å². The van der Waals surface area contributed by atoms with Crippen molar-refractivity contribution in [3.8, 4) is 0 Å². The highest BCUT2D eigenvalue weighted by molar-refractivity contribution is 8.00. The number of rotatable bonds is 6. The fourth-order valence-electron chi connectivity index (χ4n) is 1.45. The molecule has 0 spiro atoms. The van der Waals surface area contributed by atoms with Crippen molar-refractivity contribution in [3.05, 3.63) is 29.8 Å². The number of likely N-dealkylation sites (N-methyl/N-ethyl adjacent to an activating group) is 1. The molecular formula is C13H16N2O4S. The molecule has 2 amide bonds. The normalized spacial score (nSPS) is 11.7. The molecule has 0 bridgehead atoms. The molecule has 1 atom stereocenters. The summed E-state index contributed by atoms with van der Waals surface area (Å²) in [5.41, 5.74) is 5.44. The highest BCUT2D eigenvalue weighted by Crippen LogP contribution is 2.23. The minimum absolute atomic E-state index is 0.0580. The van der Waals surface area contributed by atoms with Crippen molar-refractivity contribution in [2.45, 2.75) is 17.9 Å². The van der Waals surface area contributed by atoms with Gasteiger partial charge in [-0.15, -0.1) is 11.8 Å². The predicted molar refractivity (Wildman–Crippen MR) is 75.6 cm³/mol. The van der Waals surface area contributed by atoms with Gasteiger partial charge in [-0.25, -0.2) is 4.79 Å². The molecule has 3 N–H and O–H groups in total. The van der Waals surface area contributed by atoms with E-state index in [1.165, 1.54) is 14.0 Å². The molecule has 1 aromatic carbocycles. The number of carbonyl (C=O) groups excluding carboxylic acids is 2. The van der Waals surface area contributed by atoms with Crippen LogP contribution in [-0.2, 0) is 9.59 Å². The number of carboxylic acids is 1. The highest BCUT2D eigenvalue weighted by Gasteiger charge is 2.24. The van der Waals surface area contributed by atoms with Gasteiger partial charge in [-0.3, -0.25) is 9.59 Å². The summed E-state index contributed by atoms with van der Waals surface area (Å²) in [4.78, 5) is 35.8. The minimum Gasteiger partial charge on any atom is -0.480 e. The lowest BCUT2D eigenvalue weighted by Gasteiger charge is -2.22. The standard InChI is InChI=1S/C13H16N2O4S/c1-8(13(18)19)15(2)12(17)9-5-3-4-6-10(9)20-7-11(14)16/h3-6,8H,7H2,1-2H3,(H2,14,16)(H,18,19). The van der Waals surface area contributed by atoms with Crippen molar-refractivity contribution < 1.29 is 19.5 Å². The van der Waals surface area contributed by atoms with Crippen molar-refractivity contribution in [1.29, 1.82) is 0 Å². The first-order chi connectivity index (χ1) is 9.34. The Kier molecular flexibility index (Phi) is 5.57. The van der Waals surface area contributed by atoms with Crippen LogP contribution in [0.5, 0.6) is 0 Å². The van der Waals surface area contributed by atoms with Crippen LogP contribution in [0.3, 0.4) is 0 Å². The molecule has 0 heterocycles. The van der Waals surface area contributed by atoms with E-state index in [2.05, 4.69) is 0 Å². The fourth-order valence-corrected chi connectivity index (χ4v) is 2.23. The Hall–Kier alpha value is -2.02. The van der Waals surface area contributed by atoms with E-state index in [0.29, 0.717) is 10.5 Å². The summed E-state index contributed by atoms with van der Waals surface area (Å²) in [7, 11) is 1.43. The summed E-state index contributed by atoms with van der Waals surface area (Å²) in [6.07, 6.45) is 0. The molecule has 7 heteroatoms.